The second-order valence-corrected chi connectivity index (χ2v) is 5.50. The first-order chi connectivity index (χ1) is 11.7. The molecule has 120 valence electrons. The highest BCUT2D eigenvalue weighted by molar-refractivity contribution is 6.29. The number of halogens is 1. The van der Waals surface area contributed by atoms with Gasteiger partial charge in [-0.2, -0.15) is 0 Å². The Morgan fingerprint density at radius 3 is 2.33 bits per heavy atom. The summed E-state index contributed by atoms with van der Waals surface area (Å²) < 4.78 is 5.73. The second kappa shape index (κ2) is 7.62. The minimum absolute atomic E-state index is 0.191. The summed E-state index contributed by atoms with van der Waals surface area (Å²) in [6.45, 7) is 0.424. The van der Waals surface area contributed by atoms with Gasteiger partial charge in [-0.05, 0) is 42.0 Å². The second-order valence-electron chi connectivity index (χ2n) is 5.11. The zero-order valence-electron chi connectivity index (χ0n) is 12.8. The van der Waals surface area contributed by atoms with E-state index in [0.29, 0.717) is 17.3 Å². The van der Waals surface area contributed by atoms with Crippen molar-refractivity contribution in [2.45, 2.75) is 6.54 Å². The number of carbonyl (C=O) groups excluding carboxylic acids is 1. The van der Waals surface area contributed by atoms with Gasteiger partial charge in [0.05, 0.1) is 5.56 Å². The predicted molar refractivity (Wildman–Crippen MR) is 93.4 cm³/mol. The number of carbonyl (C=O) groups is 1. The Hall–Kier alpha value is -2.85. The summed E-state index contributed by atoms with van der Waals surface area (Å²) in [5.41, 5.74) is 1.45. The van der Waals surface area contributed by atoms with E-state index >= 15 is 0 Å². The first-order valence-corrected chi connectivity index (χ1v) is 7.80. The summed E-state index contributed by atoms with van der Waals surface area (Å²) >= 11 is 5.71. The lowest BCUT2D eigenvalue weighted by atomic mass is 10.2. The molecule has 24 heavy (non-hydrogen) atoms. The fourth-order valence-electron chi connectivity index (χ4n) is 2.09. The van der Waals surface area contributed by atoms with E-state index < -0.39 is 0 Å². The molecule has 0 aliphatic rings. The van der Waals surface area contributed by atoms with Crippen molar-refractivity contribution in [3.63, 3.8) is 0 Å². The molecule has 1 heterocycles. The van der Waals surface area contributed by atoms with Crippen LogP contribution in [0.15, 0.2) is 72.9 Å². The Bertz CT molecular complexity index is 803. The highest BCUT2D eigenvalue weighted by Crippen LogP contribution is 2.21. The molecular formula is C19H15ClN2O2. The number of pyridine rings is 1. The van der Waals surface area contributed by atoms with E-state index in [2.05, 4.69) is 10.3 Å². The Morgan fingerprint density at radius 2 is 1.67 bits per heavy atom. The maximum Gasteiger partial charge on any atom is 0.253 e. The number of para-hydroxylation sites is 1. The normalized spacial score (nSPS) is 10.2. The number of aromatic nitrogens is 1. The number of nitrogens with zero attached hydrogens (tertiary/aromatic N) is 1. The molecule has 0 atom stereocenters. The van der Waals surface area contributed by atoms with Crippen molar-refractivity contribution < 1.29 is 9.53 Å². The molecule has 0 spiro atoms. The van der Waals surface area contributed by atoms with Gasteiger partial charge < -0.3 is 10.1 Å². The molecule has 0 fully saturated rings. The molecule has 1 amide bonds. The third kappa shape index (κ3) is 4.33. The third-order valence-corrected chi connectivity index (χ3v) is 3.57. The van der Waals surface area contributed by atoms with E-state index in [1.165, 1.54) is 6.20 Å². The average Bonchev–Trinajstić information content (AvgIpc) is 2.62. The van der Waals surface area contributed by atoms with E-state index in [4.69, 9.17) is 16.3 Å². The standard InChI is InChI=1S/C19H15ClN2O2/c20-18-11-8-15(13-21-18)19(23)22-12-14-6-9-17(10-7-14)24-16-4-2-1-3-5-16/h1-11,13H,12H2,(H,22,23). The number of hydrogen-bond acceptors (Lipinski definition) is 3. The van der Waals surface area contributed by atoms with E-state index in [-0.39, 0.29) is 5.91 Å². The molecule has 1 N–H and O–H groups in total. The summed E-state index contributed by atoms with van der Waals surface area (Å²) in [5.74, 6) is 1.34. The third-order valence-electron chi connectivity index (χ3n) is 3.34. The molecule has 0 aliphatic carbocycles. The van der Waals surface area contributed by atoms with E-state index in [9.17, 15) is 4.79 Å². The highest BCUT2D eigenvalue weighted by Gasteiger charge is 2.06. The van der Waals surface area contributed by atoms with Crippen LogP contribution >= 0.6 is 11.6 Å². The van der Waals surface area contributed by atoms with Gasteiger partial charge in [0.25, 0.3) is 5.91 Å². The molecule has 1 aromatic heterocycles. The molecular weight excluding hydrogens is 324 g/mol. The minimum Gasteiger partial charge on any atom is -0.457 e. The van der Waals surface area contributed by atoms with Crippen LogP contribution in [0.4, 0.5) is 0 Å². The maximum atomic E-state index is 12.0. The predicted octanol–water partition coefficient (Wildman–Crippen LogP) is 4.46. The number of ether oxygens (including phenoxy) is 1. The van der Waals surface area contributed by atoms with E-state index in [0.717, 1.165) is 17.1 Å². The zero-order chi connectivity index (χ0) is 16.8. The van der Waals surface area contributed by atoms with Crippen molar-refractivity contribution >= 4 is 17.5 Å². The van der Waals surface area contributed by atoms with Crippen molar-refractivity contribution in [1.82, 2.24) is 10.3 Å². The number of benzene rings is 2. The quantitative estimate of drug-likeness (QED) is 0.699. The summed E-state index contributed by atoms with van der Waals surface area (Å²) in [6.07, 6.45) is 1.45. The van der Waals surface area contributed by atoms with Crippen LogP contribution in [-0.2, 0) is 6.54 Å². The van der Waals surface area contributed by atoms with Crippen LogP contribution in [0.25, 0.3) is 0 Å². The van der Waals surface area contributed by atoms with E-state index in [1.807, 2.05) is 54.6 Å². The molecule has 0 saturated heterocycles. The average molecular weight is 339 g/mol. The van der Waals surface area contributed by atoms with Crippen molar-refractivity contribution in [2.75, 3.05) is 0 Å². The Morgan fingerprint density at radius 1 is 0.958 bits per heavy atom. The molecule has 0 radical (unpaired) electrons. The molecule has 5 heteroatoms. The van der Waals surface area contributed by atoms with Crippen LogP contribution in [0.5, 0.6) is 11.5 Å². The molecule has 0 saturated carbocycles. The van der Waals surface area contributed by atoms with Crippen LogP contribution in [-0.4, -0.2) is 10.9 Å². The molecule has 0 unspecified atom stereocenters. The summed E-state index contributed by atoms with van der Waals surface area (Å²) in [7, 11) is 0. The molecule has 2 aromatic carbocycles. The van der Waals surface area contributed by atoms with Crippen LogP contribution in [0.2, 0.25) is 5.15 Å². The highest BCUT2D eigenvalue weighted by atomic mass is 35.5. The van der Waals surface area contributed by atoms with Crippen molar-refractivity contribution in [3.05, 3.63) is 89.2 Å². The first-order valence-electron chi connectivity index (χ1n) is 7.42. The Balaban J connectivity index is 1.56. The minimum atomic E-state index is -0.191. The van der Waals surface area contributed by atoms with Crippen LogP contribution < -0.4 is 10.1 Å². The molecule has 3 aromatic rings. The number of amides is 1. The lowest BCUT2D eigenvalue weighted by Gasteiger charge is -2.08. The van der Waals surface area contributed by atoms with E-state index in [1.54, 1.807) is 12.1 Å². The fourth-order valence-corrected chi connectivity index (χ4v) is 2.21. The van der Waals surface area contributed by atoms with Gasteiger partial charge in [0.1, 0.15) is 16.7 Å². The van der Waals surface area contributed by atoms with Gasteiger partial charge in [0, 0.05) is 12.7 Å². The van der Waals surface area contributed by atoms with Gasteiger partial charge in [0.2, 0.25) is 0 Å². The molecule has 3 rings (SSSR count). The molecule has 0 aliphatic heterocycles. The van der Waals surface area contributed by atoms with Crippen molar-refractivity contribution in [1.29, 1.82) is 0 Å². The van der Waals surface area contributed by atoms with Gasteiger partial charge >= 0.3 is 0 Å². The monoisotopic (exact) mass is 338 g/mol. The van der Waals surface area contributed by atoms with Crippen LogP contribution in [0.3, 0.4) is 0 Å². The van der Waals surface area contributed by atoms with Gasteiger partial charge in [0.15, 0.2) is 0 Å². The summed E-state index contributed by atoms with van der Waals surface area (Å²) in [4.78, 5) is 15.9. The molecule has 4 nitrogen and oxygen atoms in total. The Labute approximate surface area is 145 Å². The number of nitrogens with one attached hydrogen (secondary N) is 1. The summed E-state index contributed by atoms with van der Waals surface area (Å²) in [5, 5.41) is 3.20. The first kappa shape index (κ1) is 16.0. The lowest BCUT2D eigenvalue weighted by Crippen LogP contribution is -2.22. The van der Waals surface area contributed by atoms with Crippen LogP contribution in [0.1, 0.15) is 15.9 Å². The smallest absolute Gasteiger partial charge is 0.253 e. The van der Waals surface area contributed by atoms with Crippen LogP contribution in [0, 0.1) is 0 Å². The fraction of sp³-hybridized carbons (Fsp3) is 0.0526. The number of hydrogen-bond donors (Lipinski definition) is 1. The summed E-state index contributed by atoms with van der Waals surface area (Å²) in [6, 6.07) is 20.4. The largest absolute Gasteiger partial charge is 0.457 e. The number of rotatable bonds is 5. The van der Waals surface area contributed by atoms with Gasteiger partial charge in [-0.3, -0.25) is 4.79 Å². The maximum absolute atomic E-state index is 12.0. The van der Waals surface area contributed by atoms with Crippen molar-refractivity contribution in [3.8, 4) is 11.5 Å². The van der Waals surface area contributed by atoms with Crippen molar-refractivity contribution in [2.24, 2.45) is 0 Å². The van der Waals surface area contributed by atoms with Gasteiger partial charge in [-0.25, -0.2) is 4.98 Å². The topological polar surface area (TPSA) is 51.2 Å². The molecule has 0 bridgehead atoms. The zero-order valence-corrected chi connectivity index (χ0v) is 13.5. The van der Waals surface area contributed by atoms with Gasteiger partial charge in [-0.1, -0.05) is 41.9 Å². The lowest BCUT2D eigenvalue weighted by molar-refractivity contribution is 0.0950. The Kier molecular flexibility index (Phi) is 5.08. The van der Waals surface area contributed by atoms with Gasteiger partial charge in [-0.15, -0.1) is 0 Å². The SMILES string of the molecule is O=C(NCc1ccc(Oc2ccccc2)cc1)c1ccc(Cl)nc1.